The summed E-state index contributed by atoms with van der Waals surface area (Å²) in [6.07, 6.45) is 2.43. The summed E-state index contributed by atoms with van der Waals surface area (Å²) >= 11 is 0. The Labute approximate surface area is 116 Å². The largest absolute Gasteiger partial charge is 0.394 e. The highest BCUT2D eigenvalue weighted by molar-refractivity contribution is 4.43. The van der Waals surface area contributed by atoms with Crippen LogP contribution < -0.4 is 0 Å². The van der Waals surface area contributed by atoms with E-state index in [1.54, 1.807) is 0 Å². The van der Waals surface area contributed by atoms with Gasteiger partial charge in [-0.3, -0.25) is 0 Å². The molecule has 0 aliphatic carbocycles. The number of unbranched alkanes of at least 4 members (excludes halogenated alkanes) is 1. The summed E-state index contributed by atoms with van der Waals surface area (Å²) in [5, 5.41) is 40.6. The summed E-state index contributed by atoms with van der Waals surface area (Å²) in [4.78, 5) is 0. The second-order valence-corrected chi connectivity index (χ2v) is 3.78. The normalized spacial score (nSPS) is 12.6. The van der Waals surface area contributed by atoms with Crippen molar-refractivity contribution in [2.75, 3.05) is 26.4 Å². The van der Waals surface area contributed by atoms with Crippen LogP contribution in [0.3, 0.4) is 0 Å². The molecular weight excluding hydrogens is 252 g/mol. The van der Waals surface area contributed by atoms with Gasteiger partial charge in [0.1, 0.15) is 0 Å². The second kappa shape index (κ2) is 22.9. The molecule has 0 spiro atoms. The van der Waals surface area contributed by atoms with Gasteiger partial charge >= 0.3 is 0 Å². The summed E-state index contributed by atoms with van der Waals surface area (Å²) in [5.41, 5.74) is 0. The number of aliphatic hydroxyl groups is 5. The van der Waals surface area contributed by atoms with Gasteiger partial charge in [0.2, 0.25) is 0 Å². The zero-order valence-electron chi connectivity index (χ0n) is 12.5. The Morgan fingerprint density at radius 1 is 0.895 bits per heavy atom. The summed E-state index contributed by atoms with van der Waals surface area (Å²) in [7, 11) is 0. The van der Waals surface area contributed by atoms with Gasteiger partial charge in [-0.25, -0.2) is 0 Å². The van der Waals surface area contributed by atoms with Gasteiger partial charge in [0.25, 0.3) is 0 Å². The molecule has 0 radical (unpaired) electrons. The zero-order chi connectivity index (χ0) is 15.5. The first-order valence-corrected chi connectivity index (χ1v) is 6.84. The maximum absolute atomic E-state index is 8.86. The average Bonchev–Trinajstić information content (AvgIpc) is 2.47. The summed E-state index contributed by atoms with van der Waals surface area (Å²) in [6.45, 7) is 6.14. The molecule has 2 atom stereocenters. The average molecular weight is 284 g/mol. The van der Waals surface area contributed by atoms with Gasteiger partial charge in [-0.15, -0.1) is 0 Å². The first-order chi connectivity index (χ1) is 9.03. The quantitative estimate of drug-likeness (QED) is 0.323. The zero-order valence-corrected chi connectivity index (χ0v) is 12.5. The van der Waals surface area contributed by atoms with Gasteiger partial charge in [0.05, 0.1) is 25.9 Å². The highest BCUT2D eigenvalue weighted by Gasteiger charge is 1.96. The second-order valence-electron chi connectivity index (χ2n) is 3.78. The molecular formula is C13H32O6. The van der Waals surface area contributed by atoms with Crippen LogP contribution in [0.5, 0.6) is 0 Å². The summed E-state index contributed by atoms with van der Waals surface area (Å²) < 4.78 is 4.99. The van der Waals surface area contributed by atoms with Crippen molar-refractivity contribution < 1.29 is 30.3 Å². The van der Waals surface area contributed by atoms with Crippen LogP contribution >= 0.6 is 0 Å². The molecule has 0 aromatic carbocycles. The van der Waals surface area contributed by atoms with Gasteiger partial charge in [0.15, 0.2) is 6.29 Å². The van der Waals surface area contributed by atoms with Crippen LogP contribution in [-0.4, -0.2) is 64.4 Å². The van der Waals surface area contributed by atoms with E-state index in [-0.39, 0.29) is 19.8 Å². The van der Waals surface area contributed by atoms with Gasteiger partial charge in [-0.1, -0.05) is 27.2 Å². The standard InChI is InChI=1S/C7H16O2.C4H10O2.C2H6O2/c1-3-5-6-9-7(8)4-2;1-2-4(6)3-5;3-1-2-4/h7-8H,3-6H2,1-2H3;4-6H,2-3H2,1H3;3-4H,1-2H2. The van der Waals surface area contributed by atoms with Crippen LogP contribution in [0.2, 0.25) is 0 Å². The molecule has 0 fully saturated rings. The third-order valence-electron chi connectivity index (χ3n) is 1.94. The number of ether oxygens (including phenoxy) is 1. The Kier molecular flexibility index (Phi) is 28.7. The first-order valence-electron chi connectivity index (χ1n) is 6.84. The maximum Gasteiger partial charge on any atom is 0.154 e. The minimum absolute atomic E-state index is 0.115. The fourth-order valence-corrected chi connectivity index (χ4v) is 0.611. The molecule has 0 rings (SSSR count). The fraction of sp³-hybridized carbons (Fsp3) is 1.00. The molecule has 5 N–H and O–H groups in total. The van der Waals surface area contributed by atoms with Crippen LogP contribution in [0.4, 0.5) is 0 Å². The third kappa shape index (κ3) is 31.9. The Hall–Kier alpha value is -0.240. The summed E-state index contributed by atoms with van der Waals surface area (Å²) in [5.74, 6) is 0. The highest BCUT2D eigenvalue weighted by atomic mass is 16.6. The van der Waals surface area contributed by atoms with E-state index in [2.05, 4.69) is 6.92 Å². The van der Waals surface area contributed by atoms with Crippen molar-refractivity contribution in [3.8, 4) is 0 Å². The molecule has 0 aromatic rings. The lowest BCUT2D eigenvalue weighted by Gasteiger charge is -2.07. The molecule has 0 aliphatic rings. The molecule has 0 saturated heterocycles. The molecule has 0 bridgehead atoms. The van der Waals surface area contributed by atoms with Gasteiger partial charge in [0, 0.05) is 6.61 Å². The first kappa shape index (κ1) is 23.8. The van der Waals surface area contributed by atoms with Crippen LogP contribution in [0, 0.1) is 0 Å². The SMILES string of the molecule is CCC(O)CO.CCCCOC(O)CC.OCCO. The van der Waals surface area contributed by atoms with Gasteiger partial charge < -0.3 is 30.3 Å². The van der Waals surface area contributed by atoms with Crippen LogP contribution in [0.25, 0.3) is 0 Å². The smallest absolute Gasteiger partial charge is 0.154 e. The van der Waals surface area contributed by atoms with Crippen molar-refractivity contribution in [2.24, 2.45) is 0 Å². The van der Waals surface area contributed by atoms with Crippen molar-refractivity contribution in [3.05, 3.63) is 0 Å². The van der Waals surface area contributed by atoms with Crippen molar-refractivity contribution in [1.82, 2.24) is 0 Å². The molecule has 19 heavy (non-hydrogen) atoms. The Morgan fingerprint density at radius 3 is 1.63 bits per heavy atom. The van der Waals surface area contributed by atoms with E-state index in [4.69, 9.17) is 30.3 Å². The van der Waals surface area contributed by atoms with E-state index in [0.29, 0.717) is 19.4 Å². The minimum Gasteiger partial charge on any atom is -0.394 e. The van der Waals surface area contributed by atoms with E-state index < -0.39 is 12.4 Å². The van der Waals surface area contributed by atoms with Gasteiger partial charge in [-0.2, -0.15) is 0 Å². The van der Waals surface area contributed by atoms with Crippen molar-refractivity contribution in [3.63, 3.8) is 0 Å². The topological polar surface area (TPSA) is 110 Å². The van der Waals surface area contributed by atoms with Crippen LogP contribution in [0.15, 0.2) is 0 Å². The lowest BCUT2D eigenvalue weighted by atomic mass is 10.3. The van der Waals surface area contributed by atoms with Crippen molar-refractivity contribution in [2.45, 2.75) is 58.8 Å². The van der Waals surface area contributed by atoms with Crippen molar-refractivity contribution in [1.29, 1.82) is 0 Å². The lowest BCUT2D eigenvalue weighted by Crippen LogP contribution is -2.10. The Balaban J connectivity index is -0.000000222. The molecule has 0 aromatic heterocycles. The predicted molar refractivity (Wildman–Crippen MR) is 74.7 cm³/mol. The minimum atomic E-state index is -0.545. The molecule has 0 saturated carbocycles. The Bertz CT molecular complexity index is 128. The number of hydrogen-bond acceptors (Lipinski definition) is 6. The number of hydrogen-bond donors (Lipinski definition) is 5. The van der Waals surface area contributed by atoms with E-state index in [0.717, 1.165) is 12.8 Å². The lowest BCUT2D eigenvalue weighted by molar-refractivity contribution is -0.101. The summed E-state index contributed by atoms with van der Waals surface area (Å²) in [6, 6.07) is 0. The molecule has 0 aliphatic heterocycles. The molecule has 0 amide bonds. The maximum atomic E-state index is 8.86. The molecule has 0 heterocycles. The molecule has 2 unspecified atom stereocenters. The number of aliphatic hydroxyl groups excluding tert-OH is 5. The predicted octanol–water partition coefficient (Wildman–Crippen LogP) is 0.252. The molecule has 6 nitrogen and oxygen atoms in total. The van der Waals surface area contributed by atoms with Gasteiger partial charge in [-0.05, 0) is 19.3 Å². The van der Waals surface area contributed by atoms with E-state index in [9.17, 15) is 0 Å². The van der Waals surface area contributed by atoms with Crippen LogP contribution in [0.1, 0.15) is 46.5 Å². The molecule has 6 heteroatoms. The van der Waals surface area contributed by atoms with Crippen molar-refractivity contribution >= 4 is 0 Å². The van der Waals surface area contributed by atoms with Crippen LogP contribution in [-0.2, 0) is 4.74 Å². The molecule has 120 valence electrons. The monoisotopic (exact) mass is 284 g/mol. The van der Waals surface area contributed by atoms with E-state index >= 15 is 0 Å². The fourth-order valence-electron chi connectivity index (χ4n) is 0.611. The third-order valence-corrected chi connectivity index (χ3v) is 1.94. The van der Waals surface area contributed by atoms with E-state index in [1.807, 2.05) is 13.8 Å². The number of rotatable bonds is 8. The highest BCUT2D eigenvalue weighted by Crippen LogP contribution is 1.95. The van der Waals surface area contributed by atoms with E-state index in [1.165, 1.54) is 0 Å². The Morgan fingerprint density at radius 2 is 1.42 bits per heavy atom.